The minimum atomic E-state index is -0.483. The Kier molecular flexibility index (Phi) is 5.26. The molecule has 1 heterocycles. The van der Waals surface area contributed by atoms with Crippen LogP contribution < -0.4 is 5.32 Å². The number of hydrogen-bond donors (Lipinski definition) is 1. The second-order valence-electron chi connectivity index (χ2n) is 4.88. The predicted molar refractivity (Wildman–Crippen MR) is 83.4 cm³/mol. The summed E-state index contributed by atoms with van der Waals surface area (Å²) in [5.74, 6) is -0.936. The van der Waals surface area contributed by atoms with E-state index in [1.165, 1.54) is 18.3 Å². The third-order valence-electron chi connectivity index (χ3n) is 3.23. The number of nitrogens with zero attached hydrogens (tertiary/aromatic N) is 2. The lowest BCUT2D eigenvalue weighted by Gasteiger charge is -2.12. The number of nitriles is 1. The molecule has 0 saturated heterocycles. The molecule has 0 atom stereocenters. The van der Waals surface area contributed by atoms with Crippen molar-refractivity contribution >= 4 is 11.7 Å². The first kappa shape index (κ1) is 16.4. The van der Waals surface area contributed by atoms with Gasteiger partial charge in [0.1, 0.15) is 17.6 Å². The summed E-state index contributed by atoms with van der Waals surface area (Å²) in [5.41, 5.74) is 2.12. The van der Waals surface area contributed by atoms with E-state index in [2.05, 4.69) is 10.3 Å². The molecular weight excluding hydrogens is 297 g/mol. The van der Waals surface area contributed by atoms with E-state index in [1.54, 1.807) is 26.0 Å². The van der Waals surface area contributed by atoms with Crippen LogP contribution in [0.25, 0.3) is 0 Å². The third-order valence-corrected chi connectivity index (χ3v) is 3.23. The molecule has 0 radical (unpaired) electrons. The zero-order valence-electron chi connectivity index (χ0n) is 12.9. The first-order valence-corrected chi connectivity index (χ1v) is 7.11. The highest BCUT2D eigenvalue weighted by Gasteiger charge is 2.14. The summed E-state index contributed by atoms with van der Waals surface area (Å²) in [7, 11) is 0. The lowest BCUT2D eigenvalue weighted by Crippen LogP contribution is -2.09. The third kappa shape index (κ3) is 4.04. The summed E-state index contributed by atoms with van der Waals surface area (Å²) in [6.07, 6.45) is 1.52. The normalized spacial score (nSPS) is 10.0. The monoisotopic (exact) mass is 313 g/mol. The van der Waals surface area contributed by atoms with Gasteiger partial charge in [0.15, 0.2) is 0 Å². The summed E-state index contributed by atoms with van der Waals surface area (Å²) in [6.45, 7) is 3.93. The Morgan fingerprint density at radius 3 is 2.91 bits per heavy atom. The average molecular weight is 313 g/mol. The number of pyridine rings is 1. The molecule has 0 unspecified atom stereocenters. The van der Waals surface area contributed by atoms with Crippen LogP contribution >= 0.6 is 0 Å². The van der Waals surface area contributed by atoms with Crippen molar-refractivity contribution in [3.63, 3.8) is 0 Å². The van der Waals surface area contributed by atoms with Crippen LogP contribution in [0.15, 0.2) is 30.5 Å². The van der Waals surface area contributed by atoms with E-state index in [1.807, 2.05) is 6.07 Å². The fourth-order valence-electron chi connectivity index (χ4n) is 2.08. The topological polar surface area (TPSA) is 75.0 Å². The van der Waals surface area contributed by atoms with Crippen LogP contribution in [0.5, 0.6) is 0 Å². The van der Waals surface area contributed by atoms with Crippen LogP contribution in [0, 0.1) is 24.1 Å². The molecule has 1 aromatic carbocycles. The van der Waals surface area contributed by atoms with E-state index in [0.29, 0.717) is 23.4 Å². The van der Waals surface area contributed by atoms with Gasteiger partial charge in [0.25, 0.3) is 0 Å². The molecule has 0 fully saturated rings. The molecule has 23 heavy (non-hydrogen) atoms. The molecule has 2 aromatic rings. The maximum atomic E-state index is 14.0. The van der Waals surface area contributed by atoms with Crippen molar-refractivity contribution in [1.82, 2.24) is 4.98 Å². The van der Waals surface area contributed by atoms with Crippen molar-refractivity contribution in [3.05, 3.63) is 58.7 Å². The van der Waals surface area contributed by atoms with Gasteiger partial charge in [-0.15, -0.1) is 0 Å². The van der Waals surface area contributed by atoms with Crippen LogP contribution in [0.4, 0.5) is 10.1 Å². The first-order chi connectivity index (χ1) is 11.0. The number of anilines is 1. The zero-order valence-corrected chi connectivity index (χ0v) is 12.9. The summed E-state index contributed by atoms with van der Waals surface area (Å²) >= 11 is 0. The van der Waals surface area contributed by atoms with Crippen molar-refractivity contribution in [2.75, 3.05) is 11.9 Å². The Balaban J connectivity index is 2.20. The van der Waals surface area contributed by atoms with Gasteiger partial charge in [0, 0.05) is 12.7 Å². The van der Waals surface area contributed by atoms with Crippen molar-refractivity contribution in [1.29, 1.82) is 5.26 Å². The van der Waals surface area contributed by atoms with Crippen molar-refractivity contribution < 1.29 is 13.9 Å². The molecule has 1 aromatic heterocycles. The molecule has 118 valence electrons. The number of aryl methyl sites for hydroxylation is 1. The highest BCUT2D eigenvalue weighted by atomic mass is 19.1. The molecule has 0 aliphatic rings. The summed E-state index contributed by atoms with van der Waals surface area (Å²) in [4.78, 5) is 15.7. The second kappa shape index (κ2) is 7.36. The number of rotatable bonds is 5. The van der Waals surface area contributed by atoms with Crippen LogP contribution in [-0.2, 0) is 11.3 Å². The van der Waals surface area contributed by atoms with Crippen LogP contribution in [0.2, 0.25) is 0 Å². The fourth-order valence-corrected chi connectivity index (χ4v) is 2.08. The van der Waals surface area contributed by atoms with Gasteiger partial charge in [-0.25, -0.2) is 14.2 Å². The average Bonchev–Trinajstić information content (AvgIpc) is 2.54. The maximum Gasteiger partial charge on any atom is 0.338 e. The predicted octanol–water partition coefficient (Wildman–Crippen LogP) is 3.19. The largest absolute Gasteiger partial charge is 0.462 e. The van der Waals surface area contributed by atoms with E-state index in [0.717, 1.165) is 5.56 Å². The highest BCUT2D eigenvalue weighted by molar-refractivity contribution is 5.92. The number of hydrogen-bond acceptors (Lipinski definition) is 5. The zero-order chi connectivity index (χ0) is 16.8. The van der Waals surface area contributed by atoms with Crippen molar-refractivity contribution in [3.8, 4) is 6.07 Å². The molecule has 5 nitrogen and oxygen atoms in total. The Hall–Kier alpha value is -2.94. The van der Waals surface area contributed by atoms with Gasteiger partial charge in [-0.1, -0.05) is 0 Å². The summed E-state index contributed by atoms with van der Waals surface area (Å²) in [5, 5.41) is 11.8. The molecule has 0 saturated carbocycles. The lowest BCUT2D eigenvalue weighted by atomic mass is 10.1. The van der Waals surface area contributed by atoms with Gasteiger partial charge in [-0.05, 0) is 49.2 Å². The number of halogens is 1. The van der Waals surface area contributed by atoms with E-state index in [9.17, 15) is 9.18 Å². The van der Waals surface area contributed by atoms with Gasteiger partial charge in [-0.3, -0.25) is 0 Å². The van der Waals surface area contributed by atoms with E-state index in [4.69, 9.17) is 10.00 Å². The minimum Gasteiger partial charge on any atom is -0.462 e. The number of esters is 1. The molecule has 0 aliphatic carbocycles. The van der Waals surface area contributed by atoms with Crippen LogP contribution in [-0.4, -0.2) is 17.6 Å². The van der Waals surface area contributed by atoms with Crippen molar-refractivity contribution in [2.45, 2.75) is 20.4 Å². The van der Waals surface area contributed by atoms with Gasteiger partial charge in [0.05, 0.1) is 17.9 Å². The van der Waals surface area contributed by atoms with E-state index in [-0.39, 0.29) is 12.3 Å². The Morgan fingerprint density at radius 2 is 2.22 bits per heavy atom. The fraction of sp³-hybridized carbons (Fsp3) is 0.235. The smallest absolute Gasteiger partial charge is 0.338 e. The molecule has 0 bridgehead atoms. The van der Waals surface area contributed by atoms with Crippen molar-refractivity contribution in [2.24, 2.45) is 0 Å². The second-order valence-corrected chi connectivity index (χ2v) is 4.88. The number of aromatic nitrogens is 1. The minimum absolute atomic E-state index is 0.203. The van der Waals surface area contributed by atoms with E-state index >= 15 is 0 Å². The Morgan fingerprint density at radius 1 is 1.43 bits per heavy atom. The number of benzene rings is 1. The van der Waals surface area contributed by atoms with E-state index < -0.39 is 11.8 Å². The first-order valence-electron chi connectivity index (χ1n) is 7.11. The standard InChI is InChI=1S/C17H16FN3O2/c1-3-23-17(22)14-8-16(15(18)6-11(14)2)21-10-12-4-5-20-13(7-12)9-19/h4-8,21H,3,10H2,1-2H3. The summed E-state index contributed by atoms with van der Waals surface area (Å²) in [6, 6.07) is 8.03. The molecule has 1 N–H and O–H groups in total. The number of carbonyl (C=O) groups excluding carboxylic acids is 1. The van der Waals surface area contributed by atoms with Gasteiger partial charge in [0.2, 0.25) is 0 Å². The molecule has 0 spiro atoms. The van der Waals surface area contributed by atoms with Crippen LogP contribution in [0.1, 0.15) is 34.1 Å². The quantitative estimate of drug-likeness (QED) is 0.858. The molecule has 0 aliphatic heterocycles. The van der Waals surface area contributed by atoms with Gasteiger partial charge < -0.3 is 10.1 Å². The SMILES string of the molecule is CCOC(=O)c1cc(NCc2ccnc(C#N)c2)c(F)cc1C. The Labute approximate surface area is 133 Å². The summed E-state index contributed by atoms with van der Waals surface area (Å²) < 4.78 is 19.0. The van der Waals surface area contributed by atoms with Gasteiger partial charge in [-0.2, -0.15) is 5.26 Å². The highest BCUT2D eigenvalue weighted by Crippen LogP contribution is 2.21. The molecule has 2 rings (SSSR count). The number of ether oxygens (including phenoxy) is 1. The maximum absolute atomic E-state index is 14.0. The number of carbonyl (C=O) groups is 1. The molecule has 0 amide bonds. The van der Waals surface area contributed by atoms with Crippen LogP contribution in [0.3, 0.4) is 0 Å². The number of nitrogens with one attached hydrogen (secondary N) is 1. The lowest BCUT2D eigenvalue weighted by molar-refractivity contribution is 0.0525. The van der Waals surface area contributed by atoms with Gasteiger partial charge >= 0.3 is 5.97 Å². The molecular formula is C17H16FN3O2. The Bertz CT molecular complexity index is 769. The molecule has 6 heteroatoms.